The fraction of sp³-hybridized carbons (Fsp3) is 0.150. The minimum atomic E-state index is -0.328. The van der Waals surface area contributed by atoms with Gasteiger partial charge >= 0.3 is 0 Å². The highest BCUT2D eigenvalue weighted by Crippen LogP contribution is 2.28. The van der Waals surface area contributed by atoms with E-state index < -0.39 is 0 Å². The van der Waals surface area contributed by atoms with Crippen molar-refractivity contribution in [1.82, 2.24) is 4.98 Å². The molecule has 0 saturated heterocycles. The zero-order valence-corrected chi connectivity index (χ0v) is 15.5. The first-order chi connectivity index (χ1) is 13.2. The lowest BCUT2D eigenvalue weighted by atomic mass is 10.2. The number of anilines is 1. The van der Waals surface area contributed by atoms with Crippen LogP contribution in [0.15, 0.2) is 53.9 Å². The number of amides is 1. The van der Waals surface area contributed by atoms with Crippen molar-refractivity contribution in [3.05, 3.63) is 59.5 Å². The van der Waals surface area contributed by atoms with Crippen molar-refractivity contribution in [3.8, 4) is 22.8 Å². The Morgan fingerprint density at radius 3 is 2.70 bits per heavy atom. The van der Waals surface area contributed by atoms with Crippen molar-refractivity contribution in [2.45, 2.75) is 6.92 Å². The molecule has 1 heterocycles. The molecule has 0 radical (unpaired) electrons. The molecule has 0 atom stereocenters. The van der Waals surface area contributed by atoms with E-state index in [1.54, 1.807) is 18.2 Å². The Balaban J connectivity index is 1.60. The minimum absolute atomic E-state index is 0.194. The van der Waals surface area contributed by atoms with E-state index in [1.165, 1.54) is 11.3 Å². The Hall–Kier alpha value is -3.19. The van der Waals surface area contributed by atoms with Crippen molar-refractivity contribution >= 4 is 28.7 Å². The number of carbonyl (C=O) groups excluding carboxylic acids is 2. The zero-order chi connectivity index (χ0) is 19.1. The SMILES string of the molecule is CCOc1cc(C=O)ccc1OCC(=O)Nc1nc(-c2ccccc2)cs1. The molecule has 1 aromatic heterocycles. The lowest BCUT2D eigenvalue weighted by Gasteiger charge is -2.11. The molecule has 3 rings (SSSR count). The molecule has 1 N–H and O–H groups in total. The summed E-state index contributed by atoms with van der Waals surface area (Å²) in [5, 5.41) is 5.11. The maximum absolute atomic E-state index is 12.2. The maximum atomic E-state index is 12.2. The van der Waals surface area contributed by atoms with Gasteiger partial charge in [-0.15, -0.1) is 11.3 Å². The monoisotopic (exact) mass is 382 g/mol. The number of benzene rings is 2. The summed E-state index contributed by atoms with van der Waals surface area (Å²) in [4.78, 5) is 27.5. The van der Waals surface area contributed by atoms with E-state index in [-0.39, 0.29) is 12.5 Å². The summed E-state index contributed by atoms with van der Waals surface area (Å²) in [6.07, 6.45) is 0.728. The van der Waals surface area contributed by atoms with Crippen molar-refractivity contribution in [2.75, 3.05) is 18.5 Å². The third-order valence-electron chi connectivity index (χ3n) is 3.58. The second-order valence-electron chi connectivity index (χ2n) is 5.50. The highest BCUT2D eigenvalue weighted by atomic mass is 32.1. The largest absolute Gasteiger partial charge is 0.490 e. The van der Waals surface area contributed by atoms with Gasteiger partial charge in [-0.3, -0.25) is 14.9 Å². The average molecular weight is 382 g/mol. The zero-order valence-electron chi connectivity index (χ0n) is 14.7. The number of hydrogen-bond donors (Lipinski definition) is 1. The third kappa shape index (κ3) is 4.92. The number of rotatable bonds is 8. The molecule has 6 nitrogen and oxygen atoms in total. The predicted octanol–water partition coefficient (Wildman–Crippen LogP) is 4.04. The van der Waals surface area contributed by atoms with Crippen molar-refractivity contribution in [3.63, 3.8) is 0 Å². The van der Waals surface area contributed by atoms with Crippen LogP contribution in [0.4, 0.5) is 5.13 Å². The minimum Gasteiger partial charge on any atom is -0.490 e. The van der Waals surface area contributed by atoms with Crippen LogP contribution in [0.2, 0.25) is 0 Å². The quantitative estimate of drug-likeness (QED) is 0.595. The molecule has 0 bridgehead atoms. The van der Waals surface area contributed by atoms with Crippen LogP contribution in [-0.2, 0) is 4.79 Å². The van der Waals surface area contributed by atoms with E-state index >= 15 is 0 Å². The number of thiazole rings is 1. The van der Waals surface area contributed by atoms with Crippen LogP contribution in [0.5, 0.6) is 11.5 Å². The molecule has 138 valence electrons. The van der Waals surface area contributed by atoms with Gasteiger partial charge in [0.25, 0.3) is 5.91 Å². The number of nitrogens with one attached hydrogen (secondary N) is 1. The first-order valence-corrected chi connectivity index (χ1v) is 9.23. The Kier molecular flexibility index (Phi) is 6.17. The number of aldehydes is 1. The van der Waals surface area contributed by atoms with Gasteiger partial charge in [-0.25, -0.2) is 4.98 Å². The van der Waals surface area contributed by atoms with Crippen LogP contribution < -0.4 is 14.8 Å². The van der Waals surface area contributed by atoms with Gasteiger partial charge in [-0.1, -0.05) is 30.3 Å². The average Bonchev–Trinajstić information content (AvgIpc) is 3.16. The molecule has 27 heavy (non-hydrogen) atoms. The highest BCUT2D eigenvalue weighted by molar-refractivity contribution is 7.14. The molecule has 0 aliphatic heterocycles. The van der Waals surface area contributed by atoms with Crippen LogP contribution in [-0.4, -0.2) is 30.4 Å². The normalized spacial score (nSPS) is 10.3. The van der Waals surface area contributed by atoms with Gasteiger partial charge < -0.3 is 9.47 Å². The molecule has 0 saturated carbocycles. The fourth-order valence-electron chi connectivity index (χ4n) is 2.36. The van der Waals surface area contributed by atoms with Crippen LogP contribution >= 0.6 is 11.3 Å². The molecule has 7 heteroatoms. The van der Waals surface area contributed by atoms with E-state index in [0.29, 0.717) is 28.8 Å². The highest BCUT2D eigenvalue weighted by Gasteiger charge is 2.11. The number of hydrogen-bond acceptors (Lipinski definition) is 6. The number of carbonyl (C=O) groups is 2. The van der Waals surface area contributed by atoms with Gasteiger partial charge in [0.15, 0.2) is 23.2 Å². The molecule has 0 unspecified atom stereocenters. The number of ether oxygens (including phenoxy) is 2. The van der Waals surface area contributed by atoms with Gasteiger partial charge in [-0.2, -0.15) is 0 Å². The lowest BCUT2D eigenvalue weighted by molar-refractivity contribution is -0.118. The van der Waals surface area contributed by atoms with Crippen LogP contribution in [0, 0.1) is 0 Å². The van der Waals surface area contributed by atoms with Crippen molar-refractivity contribution in [2.24, 2.45) is 0 Å². The standard InChI is InChI=1S/C20H18N2O4S/c1-2-25-18-10-14(11-23)8-9-17(18)26-12-19(24)22-20-21-16(13-27-20)15-6-4-3-5-7-15/h3-11,13H,2,12H2,1H3,(H,21,22,24). The summed E-state index contributed by atoms with van der Waals surface area (Å²) < 4.78 is 11.0. The van der Waals surface area contributed by atoms with E-state index in [2.05, 4.69) is 10.3 Å². The summed E-state index contributed by atoms with van der Waals surface area (Å²) in [7, 11) is 0. The van der Waals surface area contributed by atoms with Crippen LogP contribution in [0.3, 0.4) is 0 Å². The second kappa shape index (κ2) is 8.95. The third-order valence-corrected chi connectivity index (χ3v) is 4.34. The Morgan fingerprint density at radius 2 is 1.96 bits per heavy atom. The Morgan fingerprint density at radius 1 is 1.15 bits per heavy atom. The molecule has 1 amide bonds. The molecule has 0 spiro atoms. The Bertz CT molecular complexity index is 925. The van der Waals surface area contributed by atoms with Gasteiger partial charge in [0.2, 0.25) is 0 Å². The first-order valence-electron chi connectivity index (χ1n) is 8.35. The van der Waals surface area contributed by atoms with Crippen LogP contribution in [0.25, 0.3) is 11.3 Å². The van der Waals surface area contributed by atoms with E-state index in [4.69, 9.17) is 9.47 Å². The topological polar surface area (TPSA) is 77.5 Å². The molecular weight excluding hydrogens is 364 g/mol. The molecule has 2 aromatic carbocycles. The summed E-state index contributed by atoms with van der Waals surface area (Å²) >= 11 is 1.35. The molecule has 0 fully saturated rings. The lowest BCUT2D eigenvalue weighted by Crippen LogP contribution is -2.20. The van der Waals surface area contributed by atoms with Crippen molar-refractivity contribution in [1.29, 1.82) is 0 Å². The second-order valence-corrected chi connectivity index (χ2v) is 6.36. The molecule has 0 aliphatic carbocycles. The van der Waals surface area contributed by atoms with E-state index in [1.807, 2.05) is 42.6 Å². The predicted molar refractivity (Wildman–Crippen MR) is 105 cm³/mol. The smallest absolute Gasteiger partial charge is 0.264 e. The number of nitrogens with zero attached hydrogens (tertiary/aromatic N) is 1. The first kappa shape index (κ1) is 18.6. The van der Waals surface area contributed by atoms with E-state index in [0.717, 1.165) is 17.5 Å². The fourth-order valence-corrected chi connectivity index (χ4v) is 3.09. The molecule has 3 aromatic rings. The van der Waals surface area contributed by atoms with Gasteiger partial charge in [-0.05, 0) is 25.1 Å². The number of aromatic nitrogens is 1. The van der Waals surface area contributed by atoms with Crippen LogP contribution in [0.1, 0.15) is 17.3 Å². The summed E-state index contributed by atoms with van der Waals surface area (Å²) in [5.41, 5.74) is 2.27. The Labute approximate surface area is 160 Å². The van der Waals surface area contributed by atoms with Gasteiger partial charge in [0.1, 0.15) is 6.29 Å². The van der Waals surface area contributed by atoms with Crippen molar-refractivity contribution < 1.29 is 19.1 Å². The van der Waals surface area contributed by atoms with Gasteiger partial charge in [0.05, 0.1) is 12.3 Å². The summed E-state index contributed by atoms with van der Waals surface area (Å²) in [6.45, 7) is 2.06. The summed E-state index contributed by atoms with van der Waals surface area (Å²) in [6, 6.07) is 14.5. The molecular formula is C20H18N2O4S. The molecule has 0 aliphatic rings. The van der Waals surface area contributed by atoms with Gasteiger partial charge in [0, 0.05) is 16.5 Å². The summed E-state index contributed by atoms with van der Waals surface area (Å²) in [5.74, 6) is 0.503. The maximum Gasteiger partial charge on any atom is 0.264 e. The van der Waals surface area contributed by atoms with E-state index in [9.17, 15) is 9.59 Å².